The van der Waals surface area contributed by atoms with Crippen molar-refractivity contribution in [2.24, 2.45) is 0 Å². The number of hydrogen-bond donors (Lipinski definition) is 0. The Hall–Kier alpha value is -2.23. The average Bonchev–Trinajstić information content (AvgIpc) is 2.83. The molecule has 18 heavy (non-hydrogen) atoms. The summed E-state index contributed by atoms with van der Waals surface area (Å²) in [5, 5.41) is 5.45. The molecule has 3 aromatic rings. The summed E-state index contributed by atoms with van der Waals surface area (Å²) in [7, 11) is 0. The molecule has 0 saturated heterocycles. The molecule has 90 valence electrons. The first-order chi connectivity index (χ1) is 8.77. The highest BCUT2D eigenvalue weighted by Gasteiger charge is 2.12. The van der Waals surface area contributed by atoms with Gasteiger partial charge in [-0.2, -0.15) is 5.10 Å². The quantitative estimate of drug-likeness (QED) is 0.689. The van der Waals surface area contributed by atoms with Crippen LogP contribution >= 0.6 is 0 Å². The zero-order valence-electron chi connectivity index (χ0n) is 10.4. The van der Waals surface area contributed by atoms with Gasteiger partial charge in [0.05, 0.1) is 23.0 Å². The standard InChI is InChI=1S/C14H14N4/c1-10(2)13-12-8-17-18(14(12)16-9-15-13)11-6-4-3-5-7-11/h3-10H,1-2H3. The van der Waals surface area contributed by atoms with Gasteiger partial charge in [-0.25, -0.2) is 14.6 Å². The molecule has 0 saturated carbocycles. The summed E-state index contributed by atoms with van der Waals surface area (Å²) in [5.74, 6) is 0.365. The maximum absolute atomic E-state index is 4.42. The Morgan fingerprint density at radius 2 is 1.83 bits per heavy atom. The van der Waals surface area contributed by atoms with E-state index in [1.54, 1.807) is 6.33 Å². The lowest BCUT2D eigenvalue weighted by molar-refractivity contribution is 0.826. The minimum atomic E-state index is 0.365. The second-order valence-corrected chi connectivity index (χ2v) is 4.54. The van der Waals surface area contributed by atoms with Crippen LogP contribution in [0.25, 0.3) is 16.7 Å². The van der Waals surface area contributed by atoms with Crippen molar-refractivity contribution in [3.05, 3.63) is 48.5 Å². The van der Waals surface area contributed by atoms with Crippen LogP contribution < -0.4 is 0 Å². The van der Waals surface area contributed by atoms with Crippen molar-refractivity contribution in [2.75, 3.05) is 0 Å². The van der Waals surface area contributed by atoms with Crippen molar-refractivity contribution in [2.45, 2.75) is 19.8 Å². The summed E-state index contributed by atoms with van der Waals surface area (Å²) >= 11 is 0. The van der Waals surface area contributed by atoms with E-state index < -0.39 is 0 Å². The monoisotopic (exact) mass is 238 g/mol. The molecule has 0 fully saturated rings. The molecular formula is C14H14N4. The molecule has 1 aromatic carbocycles. The molecule has 2 aromatic heterocycles. The highest BCUT2D eigenvalue weighted by atomic mass is 15.3. The highest BCUT2D eigenvalue weighted by molar-refractivity contribution is 5.78. The van der Waals surface area contributed by atoms with Gasteiger partial charge in [0.1, 0.15) is 6.33 Å². The highest BCUT2D eigenvalue weighted by Crippen LogP contribution is 2.23. The van der Waals surface area contributed by atoms with Crippen LogP contribution in [0.3, 0.4) is 0 Å². The Labute approximate surface area is 105 Å². The number of rotatable bonds is 2. The predicted molar refractivity (Wildman–Crippen MR) is 70.7 cm³/mol. The lowest BCUT2D eigenvalue weighted by atomic mass is 10.1. The maximum Gasteiger partial charge on any atom is 0.166 e. The van der Waals surface area contributed by atoms with E-state index >= 15 is 0 Å². The van der Waals surface area contributed by atoms with E-state index in [4.69, 9.17) is 0 Å². The smallest absolute Gasteiger partial charge is 0.166 e. The Bertz CT molecular complexity index is 671. The van der Waals surface area contributed by atoms with Gasteiger partial charge in [-0.3, -0.25) is 0 Å². The van der Waals surface area contributed by atoms with Gasteiger partial charge in [-0.15, -0.1) is 0 Å². The third kappa shape index (κ3) is 1.66. The van der Waals surface area contributed by atoms with Crippen molar-refractivity contribution in [1.82, 2.24) is 19.7 Å². The van der Waals surface area contributed by atoms with Gasteiger partial charge in [0.25, 0.3) is 0 Å². The van der Waals surface area contributed by atoms with E-state index in [1.165, 1.54) is 0 Å². The van der Waals surface area contributed by atoms with Crippen molar-refractivity contribution >= 4 is 11.0 Å². The molecule has 4 heteroatoms. The maximum atomic E-state index is 4.42. The fourth-order valence-electron chi connectivity index (χ4n) is 2.08. The lowest BCUT2D eigenvalue weighted by Gasteiger charge is -2.05. The molecule has 0 unspecified atom stereocenters. The zero-order valence-corrected chi connectivity index (χ0v) is 10.4. The second-order valence-electron chi connectivity index (χ2n) is 4.54. The van der Waals surface area contributed by atoms with Crippen molar-refractivity contribution < 1.29 is 0 Å². The fourth-order valence-corrected chi connectivity index (χ4v) is 2.08. The van der Waals surface area contributed by atoms with Crippen molar-refractivity contribution in [1.29, 1.82) is 0 Å². The zero-order chi connectivity index (χ0) is 12.5. The van der Waals surface area contributed by atoms with Crippen molar-refractivity contribution in [3.63, 3.8) is 0 Å². The topological polar surface area (TPSA) is 43.6 Å². The molecular weight excluding hydrogens is 224 g/mol. The number of benzene rings is 1. The van der Waals surface area contributed by atoms with E-state index in [2.05, 4.69) is 28.9 Å². The predicted octanol–water partition coefficient (Wildman–Crippen LogP) is 2.94. The lowest BCUT2D eigenvalue weighted by Crippen LogP contribution is -1.99. The van der Waals surface area contributed by atoms with Gasteiger partial charge in [0.15, 0.2) is 5.65 Å². The van der Waals surface area contributed by atoms with Crippen LogP contribution in [-0.4, -0.2) is 19.7 Å². The summed E-state index contributed by atoms with van der Waals surface area (Å²) in [6, 6.07) is 10.0. The first-order valence-corrected chi connectivity index (χ1v) is 6.01. The Balaban J connectivity index is 2.25. The molecule has 2 heterocycles. The molecule has 0 amide bonds. The van der Waals surface area contributed by atoms with E-state index in [-0.39, 0.29) is 0 Å². The fraction of sp³-hybridized carbons (Fsp3) is 0.214. The molecule has 0 radical (unpaired) electrons. The number of fused-ring (bicyclic) bond motifs is 1. The summed E-state index contributed by atoms with van der Waals surface area (Å²) in [6.45, 7) is 4.25. The third-order valence-electron chi connectivity index (χ3n) is 2.94. The molecule has 0 atom stereocenters. The van der Waals surface area contributed by atoms with Crippen LogP contribution in [0, 0.1) is 0 Å². The largest absolute Gasteiger partial charge is 0.240 e. The second kappa shape index (κ2) is 4.22. The third-order valence-corrected chi connectivity index (χ3v) is 2.94. The number of nitrogens with zero attached hydrogens (tertiary/aromatic N) is 4. The van der Waals surface area contributed by atoms with Gasteiger partial charge in [0.2, 0.25) is 0 Å². The summed E-state index contributed by atoms with van der Waals surface area (Å²) in [6.07, 6.45) is 3.45. The molecule has 0 N–H and O–H groups in total. The minimum absolute atomic E-state index is 0.365. The van der Waals surface area contributed by atoms with E-state index in [0.29, 0.717) is 5.92 Å². The van der Waals surface area contributed by atoms with E-state index in [9.17, 15) is 0 Å². The SMILES string of the molecule is CC(C)c1ncnc2c1cnn2-c1ccccc1. The molecule has 0 spiro atoms. The van der Waals surface area contributed by atoms with E-state index in [1.807, 2.05) is 41.2 Å². The average molecular weight is 238 g/mol. The molecule has 0 aliphatic rings. The summed E-state index contributed by atoms with van der Waals surface area (Å²) in [5.41, 5.74) is 2.92. The van der Waals surface area contributed by atoms with Gasteiger partial charge in [-0.1, -0.05) is 32.0 Å². The normalized spacial score (nSPS) is 11.3. The van der Waals surface area contributed by atoms with Gasteiger partial charge >= 0.3 is 0 Å². The van der Waals surface area contributed by atoms with Crippen LogP contribution in [0.1, 0.15) is 25.5 Å². The van der Waals surface area contributed by atoms with Crippen LogP contribution in [0.15, 0.2) is 42.9 Å². The molecule has 3 rings (SSSR count). The number of hydrogen-bond acceptors (Lipinski definition) is 3. The number of para-hydroxylation sites is 1. The summed E-state index contributed by atoms with van der Waals surface area (Å²) in [4.78, 5) is 8.70. The number of aromatic nitrogens is 4. The Morgan fingerprint density at radius 3 is 2.56 bits per heavy atom. The van der Waals surface area contributed by atoms with Crippen LogP contribution in [0.4, 0.5) is 0 Å². The first kappa shape index (κ1) is 10.9. The van der Waals surface area contributed by atoms with Gasteiger partial charge in [-0.05, 0) is 18.1 Å². The van der Waals surface area contributed by atoms with Gasteiger partial charge in [0, 0.05) is 0 Å². The van der Waals surface area contributed by atoms with Gasteiger partial charge < -0.3 is 0 Å². The summed E-state index contributed by atoms with van der Waals surface area (Å²) < 4.78 is 1.85. The Morgan fingerprint density at radius 1 is 1.06 bits per heavy atom. The molecule has 0 bridgehead atoms. The van der Waals surface area contributed by atoms with Crippen molar-refractivity contribution in [3.8, 4) is 5.69 Å². The first-order valence-electron chi connectivity index (χ1n) is 6.01. The molecule has 0 aliphatic carbocycles. The van der Waals surface area contributed by atoms with E-state index in [0.717, 1.165) is 22.4 Å². The van der Waals surface area contributed by atoms with Crippen LogP contribution in [-0.2, 0) is 0 Å². The van der Waals surface area contributed by atoms with Crippen LogP contribution in [0.5, 0.6) is 0 Å². The Kier molecular flexibility index (Phi) is 2.55. The molecule has 4 nitrogen and oxygen atoms in total. The minimum Gasteiger partial charge on any atom is -0.240 e. The molecule has 0 aliphatic heterocycles. The van der Waals surface area contributed by atoms with Crippen LogP contribution in [0.2, 0.25) is 0 Å².